The van der Waals surface area contributed by atoms with Crippen molar-refractivity contribution in [3.8, 4) is 17.2 Å². The van der Waals surface area contributed by atoms with Crippen molar-refractivity contribution in [1.29, 1.82) is 0 Å². The lowest BCUT2D eigenvalue weighted by Gasteiger charge is -2.38. The summed E-state index contributed by atoms with van der Waals surface area (Å²) in [5.41, 5.74) is 1.10. The standard InChI is InChI=1S/C25H22BrN3O7/c1-27-24(33)28-7-6-13-14(5-4-12-8-19(35-2)23(32)20(9-12)36-3)21-15(10-17(13)29(28)25(27)34)22(31)16(26)11-18(21)30/h4-6,8-9,11,14,17,32H,7,10H2,1-3H3/t14-,17+/m0/s1. The van der Waals surface area contributed by atoms with Gasteiger partial charge in [0.1, 0.15) is 0 Å². The van der Waals surface area contributed by atoms with Gasteiger partial charge in [0.05, 0.1) is 31.3 Å². The zero-order chi connectivity index (χ0) is 25.9. The molecule has 0 fully saturated rings. The van der Waals surface area contributed by atoms with Crippen molar-refractivity contribution in [2.45, 2.75) is 19.0 Å². The number of hydrogen-bond acceptors (Lipinski definition) is 7. The Bertz CT molecular complexity index is 1560. The predicted octanol–water partition coefficient (Wildman–Crippen LogP) is 2.01. The molecule has 0 unspecified atom stereocenters. The molecule has 5 rings (SSSR count). The van der Waals surface area contributed by atoms with E-state index in [1.54, 1.807) is 24.3 Å². The minimum Gasteiger partial charge on any atom is -0.502 e. The number of ether oxygens (including phenoxy) is 2. The van der Waals surface area contributed by atoms with Gasteiger partial charge < -0.3 is 14.6 Å². The van der Waals surface area contributed by atoms with Crippen LogP contribution in [0.4, 0.5) is 0 Å². The Labute approximate surface area is 213 Å². The molecule has 2 aliphatic carbocycles. The number of Topliss-reactive ketones (excluding diaryl/α,β-unsaturated/α-hetero) is 1. The predicted molar refractivity (Wildman–Crippen MR) is 133 cm³/mol. The van der Waals surface area contributed by atoms with Gasteiger partial charge in [-0.25, -0.2) is 23.5 Å². The first kappa shape index (κ1) is 23.9. The molecule has 1 N–H and O–H groups in total. The normalized spacial score (nSPS) is 21.1. The Morgan fingerprint density at radius 3 is 2.39 bits per heavy atom. The molecule has 2 heterocycles. The molecular formula is C25H22BrN3O7. The molecule has 36 heavy (non-hydrogen) atoms. The SMILES string of the molecule is COc1cc(C=C[C@H]2C3=CCn4c(=O)n(C)c(=O)n4[C@@H]3CC3=C2C(=O)C=C(Br)C3=O)cc(OC)c1O. The molecule has 1 aromatic heterocycles. The average Bonchev–Trinajstić information content (AvgIpc) is 3.09. The molecule has 2 atom stereocenters. The first-order valence-electron chi connectivity index (χ1n) is 11.1. The lowest BCUT2D eigenvalue weighted by atomic mass is 9.71. The van der Waals surface area contributed by atoms with Crippen LogP contribution in [0.15, 0.2) is 61.2 Å². The molecule has 1 aliphatic heterocycles. The van der Waals surface area contributed by atoms with Gasteiger partial charge in [-0.15, -0.1) is 0 Å². The van der Waals surface area contributed by atoms with Gasteiger partial charge in [0.25, 0.3) is 0 Å². The number of methoxy groups -OCH3 is 2. The quantitative estimate of drug-likeness (QED) is 0.452. The average molecular weight is 556 g/mol. The highest BCUT2D eigenvalue weighted by molar-refractivity contribution is 9.12. The summed E-state index contributed by atoms with van der Waals surface area (Å²) in [5.74, 6) is -0.952. The number of nitrogens with zero attached hydrogens (tertiary/aromatic N) is 3. The Morgan fingerprint density at radius 2 is 1.75 bits per heavy atom. The van der Waals surface area contributed by atoms with Crippen LogP contribution in [0.2, 0.25) is 0 Å². The number of phenolic OH excluding ortho intramolecular Hbond substituents is 1. The number of carbonyl (C=O) groups excluding carboxylic acids is 2. The van der Waals surface area contributed by atoms with Crippen molar-refractivity contribution >= 4 is 33.6 Å². The summed E-state index contributed by atoms with van der Waals surface area (Å²) in [6.45, 7) is 0.163. The van der Waals surface area contributed by atoms with E-state index in [-0.39, 0.29) is 46.3 Å². The van der Waals surface area contributed by atoms with Crippen LogP contribution in [0.1, 0.15) is 18.0 Å². The van der Waals surface area contributed by atoms with Crippen molar-refractivity contribution in [2.75, 3.05) is 14.2 Å². The number of allylic oxidation sites excluding steroid dienone is 7. The van der Waals surface area contributed by atoms with Gasteiger partial charge in [0.2, 0.25) is 5.75 Å². The largest absolute Gasteiger partial charge is 0.502 e. The highest BCUT2D eigenvalue weighted by Gasteiger charge is 2.43. The second-order valence-electron chi connectivity index (χ2n) is 8.66. The molecule has 0 bridgehead atoms. The number of carbonyl (C=O) groups is 2. The number of rotatable bonds is 4. The van der Waals surface area contributed by atoms with Gasteiger partial charge in [0.15, 0.2) is 23.1 Å². The second-order valence-corrected chi connectivity index (χ2v) is 9.52. The van der Waals surface area contributed by atoms with Crippen molar-refractivity contribution in [3.63, 3.8) is 0 Å². The summed E-state index contributed by atoms with van der Waals surface area (Å²) in [4.78, 5) is 51.7. The number of ketones is 2. The van der Waals surface area contributed by atoms with Gasteiger partial charge in [-0.05, 0) is 39.2 Å². The first-order valence-corrected chi connectivity index (χ1v) is 11.9. The van der Waals surface area contributed by atoms with E-state index in [0.717, 1.165) is 10.1 Å². The smallest absolute Gasteiger partial charge is 0.347 e. The fourth-order valence-corrected chi connectivity index (χ4v) is 5.53. The molecule has 11 heteroatoms. The summed E-state index contributed by atoms with van der Waals surface area (Å²) >= 11 is 3.18. The Balaban J connectivity index is 1.67. The number of hydrogen-bond donors (Lipinski definition) is 1. The van der Waals surface area contributed by atoms with Crippen LogP contribution in [0, 0.1) is 5.92 Å². The highest BCUT2D eigenvalue weighted by Crippen LogP contribution is 2.46. The van der Waals surface area contributed by atoms with Gasteiger partial charge in [-0.2, -0.15) is 0 Å². The molecule has 3 aliphatic rings. The fourth-order valence-electron chi connectivity index (χ4n) is 5.08. The molecule has 10 nitrogen and oxygen atoms in total. The van der Waals surface area contributed by atoms with E-state index in [9.17, 15) is 24.3 Å². The molecule has 2 aromatic rings. The van der Waals surface area contributed by atoms with Crippen LogP contribution in [0.3, 0.4) is 0 Å². The zero-order valence-corrected chi connectivity index (χ0v) is 21.2. The maximum absolute atomic E-state index is 13.1. The molecule has 0 radical (unpaired) electrons. The number of benzene rings is 1. The van der Waals surface area contributed by atoms with Crippen LogP contribution in [0.5, 0.6) is 17.2 Å². The van der Waals surface area contributed by atoms with E-state index < -0.39 is 23.3 Å². The summed E-state index contributed by atoms with van der Waals surface area (Å²) < 4.78 is 14.4. The Morgan fingerprint density at radius 1 is 1.08 bits per heavy atom. The molecular weight excluding hydrogens is 534 g/mol. The third-order valence-corrected chi connectivity index (χ3v) is 7.41. The van der Waals surface area contributed by atoms with Gasteiger partial charge >= 0.3 is 11.4 Å². The lowest BCUT2D eigenvalue weighted by Crippen LogP contribution is -2.40. The first-order chi connectivity index (χ1) is 17.2. The topological polar surface area (TPSA) is 122 Å². The van der Waals surface area contributed by atoms with Gasteiger partial charge in [-0.3, -0.25) is 9.59 Å². The molecule has 186 valence electrons. The Hall–Kier alpha value is -3.86. The van der Waals surface area contributed by atoms with Crippen LogP contribution < -0.4 is 20.9 Å². The van der Waals surface area contributed by atoms with E-state index in [1.807, 2.05) is 6.08 Å². The lowest BCUT2D eigenvalue weighted by molar-refractivity contribution is -0.116. The number of aromatic nitrogens is 3. The van der Waals surface area contributed by atoms with Crippen LogP contribution >= 0.6 is 15.9 Å². The highest BCUT2D eigenvalue weighted by atomic mass is 79.9. The fraction of sp³-hybridized carbons (Fsp3) is 0.280. The molecule has 0 spiro atoms. The zero-order valence-electron chi connectivity index (χ0n) is 19.6. The van der Waals surface area contributed by atoms with Gasteiger partial charge in [0, 0.05) is 36.6 Å². The number of phenols is 1. The Kier molecular flexibility index (Phi) is 5.74. The summed E-state index contributed by atoms with van der Waals surface area (Å²) in [7, 11) is 4.25. The van der Waals surface area contributed by atoms with E-state index >= 15 is 0 Å². The van der Waals surface area contributed by atoms with Crippen molar-refractivity contribution in [2.24, 2.45) is 13.0 Å². The maximum Gasteiger partial charge on any atom is 0.347 e. The second kappa shape index (κ2) is 8.66. The third-order valence-electron chi connectivity index (χ3n) is 6.82. The van der Waals surface area contributed by atoms with Crippen LogP contribution in [-0.2, 0) is 23.2 Å². The minimum atomic E-state index is -0.617. The third kappa shape index (κ3) is 3.45. The summed E-state index contributed by atoms with van der Waals surface area (Å²) in [6, 6.07) is 2.62. The van der Waals surface area contributed by atoms with Crippen molar-refractivity contribution in [1.82, 2.24) is 13.9 Å². The minimum absolute atomic E-state index is 0.114. The number of aromatic hydroxyl groups is 1. The number of halogens is 1. The van der Waals surface area contributed by atoms with E-state index in [1.165, 1.54) is 36.7 Å². The molecule has 0 saturated heterocycles. The van der Waals surface area contributed by atoms with E-state index in [2.05, 4.69) is 15.9 Å². The van der Waals surface area contributed by atoms with Crippen molar-refractivity contribution in [3.05, 3.63) is 78.1 Å². The van der Waals surface area contributed by atoms with Crippen LogP contribution in [0.25, 0.3) is 6.08 Å². The number of fused-ring (bicyclic) bond motifs is 3. The van der Waals surface area contributed by atoms with Gasteiger partial charge in [-0.1, -0.05) is 18.2 Å². The van der Waals surface area contributed by atoms with E-state index in [4.69, 9.17) is 9.47 Å². The summed E-state index contributed by atoms with van der Waals surface area (Å²) in [5, 5.41) is 10.2. The van der Waals surface area contributed by atoms with Crippen LogP contribution in [-0.4, -0.2) is 44.8 Å². The molecule has 1 aromatic carbocycles. The molecule has 0 saturated carbocycles. The van der Waals surface area contributed by atoms with Crippen molar-refractivity contribution < 1.29 is 24.2 Å². The monoisotopic (exact) mass is 555 g/mol. The van der Waals surface area contributed by atoms with E-state index in [0.29, 0.717) is 16.7 Å². The summed E-state index contributed by atoms with van der Waals surface area (Å²) in [6.07, 6.45) is 6.74. The molecule has 0 amide bonds. The maximum atomic E-state index is 13.1.